The first-order valence-corrected chi connectivity index (χ1v) is 6.67. The smallest absolute Gasteiger partial charge is 0.0605 e. The SMILES string of the molecule is CCC1CN(c2cccnc2C)C(CC)CN1. The monoisotopic (exact) mass is 233 g/mol. The Hall–Kier alpha value is -1.09. The highest BCUT2D eigenvalue weighted by molar-refractivity contribution is 5.51. The van der Waals surface area contributed by atoms with Crippen molar-refractivity contribution in [1.82, 2.24) is 10.3 Å². The average molecular weight is 233 g/mol. The van der Waals surface area contributed by atoms with E-state index in [1.807, 2.05) is 12.3 Å². The first-order valence-electron chi connectivity index (χ1n) is 6.67. The summed E-state index contributed by atoms with van der Waals surface area (Å²) in [5, 5.41) is 3.63. The molecule has 2 rings (SSSR count). The average Bonchev–Trinajstić information content (AvgIpc) is 2.38. The first kappa shape index (κ1) is 12.4. The van der Waals surface area contributed by atoms with E-state index in [9.17, 15) is 0 Å². The van der Waals surface area contributed by atoms with Gasteiger partial charge in [-0.25, -0.2) is 0 Å². The van der Waals surface area contributed by atoms with E-state index < -0.39 is 0 Å². The maximum absolute atomic E-state index is 4.41. The molecule has 1 aromatic heterocycles. The molecule has 1 N–H and O–H groups in total. The molecule has 94 valence electrons. The lowest BCUT2D eigenvalue weighted by atomic mass is 10.0. The molecule has 1 fully saturated rings. The van der Waals surface area contributed by atoms with E-state index in [0.29, 0.717) is 12.1 Å². The van der Waals surface area contributed by atoms with Crippen LogP contribution in [0.5, 0.6) is 0 Å². The van der Waals surface area contributed by atoms with Gasteiger partial charge in [-0.15, -0.1) is 0 Å². The molecule has 0 bridgehead atoms. The summed E-state index contributed by atoms with van der Waals surface area (Å²) in [5.74, 6) is 0. The number of pyridine rings is 1. The Morgan fingerprint density at radius 1 is 1.41 bits per heavy atom. The third kappa shape index (κ3) is 2.60. The summed E-state index contributed by atoms with van der Waals surface area (Å²) < 4.78 is 0. The van der Waals surface area contributed by atoms with Crippen LogP contribution >= 0.6 is 0 Å². The van der Waals surface area contributed by atoms with Crippen molar-refractivity contribution in [2.24, 2.45) is 0 Å². The fourth-order valence-electron chi connectivity index (χ4n) is 2.58. The van der Waals surface area contributed by atoms with Gasteiger partial charge in [0, 0.05) is 31.4 Å². The van der Waals surface area contributed by atoms with Gasteiger partial charge in [-0.05, 0) is 31.9 Å². The minimum Gasteiger partial charge on any atom is -0.364 e. The van der Waals surface area contributed by atoms with Crippen LogP contribution in [0.4, 0.5) is 5.69 Å². The van der Waals surface area contributed by atoms with E-state index in [4.69, 9.17) is 0 Å². The largest absolute Gasteiger partial charge is 0.364 e. The van der Waals surface area contributed by atoms with Crippen molar-refractivity contribution in [3.8, 4) is 0 Å². The van der Waals surface area contributed by atoms with E-state index in [1.165, 1.54) is 18.5 Å². The molecule has 1 aliphatic heterocycles. The molecule has 17 heavy (non-hydrogen) atoms. The van der Waals surface area contributed by atoms with Crippen LogP contribution in [0.3, 0.4) is 0 Å². The fraction of sp³-hybridized carbons (Fsp3) is 0.643. The van der Waals surface area contributed by atoms with E-state index in [2.05, 4.69) is 42.0 Å². The maximum atomic E-state index is 4.41. The molecule has 0 radical (unpaired) electrons. The lowest BCUT2D eigenvalue weighted by Gasteiger charge is -2.42. The van der Waals surface area contributed by atoms with Crippen molar-refractivity contribution in [3.05, 3.63) is 24.0 Å². The summed E-state index contributed by atoms with van der Waals surface area (Å²) in [7, 11) is 0. The van der Waals surface area contributed by atoms with E-state index in [0.717, 1.165) is 18.8 Å². The highest BCUT2D eigenvalue weighted by Crippen LogP contribution is 2.24. The van der Waals surface area contributed by atoms with Gasteiger partial charge in [-0.3, -0.25) is 4.98 Å². The normalized spacial score (nSPS) is 25.0. The lowest BCUT2D eigenvalue weighted by molar-refractivity contribution is 0.378. The number of anilines is 1. The number of piperazine rings is 1. The minimum atomic E-state index is 0.598. The molecule has 0 aliphatic carbocycles. The molecule has 2 unspecified atom stereocenters. The van der Waals surface area contributed by atoms with Gasteiger partial charge in [-0.2, -0.15) is 0 Å². The number of hydrogen-bond donors (Lipinski definition) is 1. The molecule has 3 nitrogen and oxygen atoms in total. The summed E-state index contributed by atoms with van der Waals surface area (Å²) in [5.41, 5.74) is 2.45. The van der Waals surface area contributed by atoms with Gasteiger partial charge < -0.3 is 10.2 Å². The van der Waals surface area contributed by atoms with E-state index in [-0.39, 0.29) is 0 Å². The number of nitrogens with zero attached hydrogens (tertiary/aromatic N) is 2. The number of nitrogens with one attached hydrogen (secondary N) is 1. The molecular formula is C14H23N3. The lowest BCUT2D eigenvalue weighted by Crippen LogP contribution is -2.56. The van der Waals surface area contributed by atoms with Crippen molar-refractivity contribution >= 4 is 5.69 Å². The first-order chi connectivity index (χ1) is 8.26. The number of rotatable bonds is 3. The van der Waals surface area contributed by atoms with Gasteiger partial charge in [0.05, 0.1) is 11.4 Å². The van der Waals surface area contributed by atoms with E-state index >= 15 is 0 Å². The molecule has 1 aliphatic rings. The molecular weight excluding hydrogens is 210 g/mol. The molecule has 2 atom stereocenters. The zero-order valence-electron chi connectivity index (χ0n) is 11.1. The topological polar surface area (TPSA) is 28.2 Å². The molecule has 1 saturated heterocycles. The Morgan fingerprint density at radius 3 is 2.88 bits per heavy atom. The van der Waals surface area contributed by atoms with Crippen LogP contribution in [0.2, 0.25) is 0 Å². The molecule has 1 aromatic rings. The summed E-state index contributed by atoms with van der Waals surface area (Å²) in [6.07, 6.45) is 4.24. The summed E-state index contributed by atoms with van der Waals surface area (Å²) in [6.45, 7) is 8.80. The van der Waals surface area contributed by atoms with Crippen LogP contribution in [-0.4, -0.2) is 30.2 Å². The van der Waals surface area contributed by atoms with Crippen LogP contribution < -0.4 is 10.2 Å². The van der Waals surface area contributed by atoms with Crippen LogP contribution in [0.25, 0.3) is 0 Å². The molecule has 3 heteroatoms. The number of aromatic nitrogens is 1. The highest BCUT2D eigenvalue weighted by Gasteiger charge is 2.26. The van der Waals surface area contributed by atoms with Gasteiger partial charge in [-0.1, -0.05) is 13.8 Å². The quantitative estimate of drug-likeness (QED) is 0.868. The Bertz CT molecular complexity index is 364. The molecule has 0 aromatic carbocycles. The molecule has 0 spiro atoms. The van der Waals surface area contributed by atoms with Crippen LogP contribution in [0, 0.1) is 6.92 Å². The second-order valence-corrected chi connectivity index (χ2v) is 4.84. The predicted octanol–water partition coefficient (Wildman–Crippen LogP) is 2.36. The summed E-state index contributed by atoms with van der Waals surface area (Å²) in [4.78, 5) is 6.95. The van der Waals surface area contributed by atoms with Crippen molar-refractivity contribution in [2.45, 2.75) is 45.7 Å². The van der Waals surface area contributed by atoms with Gasteiger partial charge in [0.15, 0.2) is 0 Å². The molecule has 0 amide bonds. The van der Waals surface area contributed by atoms with E-state index in [1.54, 1.807) is 0 Å². The van der Waals surface area contributed by atoms with Crippen molar-refractivity contribution in [3.63, 3.8) is 0 Å². The van der Waals surface area contributed by atoms with Crippen molar-refractivity contribution in [1.29, 1.82) is 0 Å². The van der Waals surface area contributed by atoms with Crippen LogP contribution in [-0.2, 0) is 0 Å². The second kappa shape index (κ2) is 5.50. The standard InChI is InChI=1S/C14H23N3/c1-4-12-10-17(13(5-2)9-16-12)14-7-6-8-15-11(14)3/h6-8,12-13,16H,4-5,9-10H2,1-3H3. The van der Waals surface area contributed by atoms with Crippen molar-refractivity contribution < 1.29 is 0 Å². The summed E-state index contributed by atoms with van der Waals surface area (Å²) in [6, 6.07) is 5.44. The number of aryl methyl sites for hydroxylation is 1. The third-order valence-electron chi connectivity index (χ3n) is 3.75. The predicted molar refractivity (Wildman–Crippen MR) is 72.5 cm³/mol. The zero-order chi connectivity index (χ0) is 12.3. The van der Waals surface area contributed by atoms with Crippen LogP contribution in [0.1, 0.15) is 32.4 Å². The molecule has 2 heterocycles. The maximum Gasteiger partial charge on any atom is 0.0605 e. The highest BCUT2D eigenvalue weighted by atomic mass is 15.2. The summed E-state index contributed by atoms with van der Waals surface area (Å²) >= 11 is 0. The van der Waals surface area contributed by atoms with Gasteiger partial charge in [0.2, 0.25) is 0 Å². The van der Waals surface area contributed by atoms with Crippen molar-refractivity contribution in [2.75, 3.05) is 18.0 Å². The zero-order valence-corrected chi connectivity index (χ0v) is 11.1. The minimum absolute atomic E-state index is 0.598. The Balaban J connectivity index is 2.23. The fourth-order valence-corrected chi connectivity index (χ4v) is 2.58. The van der Waals surface area contributed by atoms with Gasteiger partial charge >= 0.3 is 0 Å². The molecule has 0 saturated carbocycles. The number of hydrogen-bond acceptors (Lipinski definition) is 3. The van der Waals surface area contributed by atoms with Crippen LogP contribution in [0.15, 0.2) is 18.3 Å². The third-order valence-corrected chi connectivity index (χ3v) is 3.75. The Kier molecular flexibility index (Phi) is 4.00. The second-order valence-electron chi connectivity index (χ2n) is 4.84. The Morgan fingerprint density at radius 2 is 2.24 bits per heavy atom. The Labute approximate surface area is 104 Å². The van der Waals surface area contributed by atoms with Gasteiger partial charge in [0.25, 0.3) is 0 Å². The van der Waals surface area contributed by atoms with Gasteiger partial charge in [0.1, 0.15) is 0 Å².